The normalized spacial score (nSPS) is 49.3. The van der Waals surface area contributed by atoms with Gasteiger partial charge in [-0.25, -0.2) is 4.79 Å². The summed E-state index contributed by atoms with van der Waals surface area (Å²) in [5.41, 5.74) is -1.34. The Balaban J connectivity index is 1.35. The standard InChI is InChI=1S/C30H47NO7/c1-16(6-9-25(36)38-31-23(34)7-8-24(31)35)27-17(2)12-20-26-21(15-29(4,37)30(20,27)5)28(3)11-10-19(32)13-18(28)14-22(26)33/h16-22,26-27,32-33,37H,6-15H2,1-5H3/t16-,17+,18-,19+,20?,21?,22?,26?,27?,28?,29+,30?/m1/s1. The van der Waals surface area contributed by atoms with Crippen molar-refractivity contribution in [1.82, 2.24) is 5.06 Å². The highest BCUT2D eigenvalue weighted by Crippen LogP contribution is 2.71. The molecule has 214 valence electrons. The maximum atomic E-state index is 12.5. The van der Waals surface area contributed by atoms with Crippen LogP contribution in [-0.4, -0.2) is 56.0 Å². The van der Waals surface area contributed by atoms with E-state index >= 15 is 0 Å². The molecular formula is C30H47NO7. The van der Waals surface area contributed by atoms with Crippen molar-refractivity contribution in [3.63, 3.8) is 0 Å². The van der Waals surface area contributed by atoms with Gasteiger partial charge in [0.05, 0.1) is 17.8 Å². The van der Waals surface area contributed by atoms with Crippen LogP contribution in [0.4, 0.5) is 0 Å². The second-order valence-electron chi connectivity index (χ2n) is 14.3. The van der Waals surface area contributed by atoms with E-state index in [1.807, 2.05) is 6.92 Å². The molecule has 2 amide bonds. The summed E-state index contributed by atoms with van der Waals surface area (Å²) in [5, 5.41) is 34.8. The zero-order chi connectivity index (χ0) is 27.8. The molecule has 4 aliphatic carbocycles. The zero-order valence-electron chi connectivity index (χ0n) is 23.7. The molecule has 12 atom stereocenters. The second-order valence-corrected chi connectivity index (χ2v) is 14.3. The molecule has 0 aromatic carbocycles. The smallest absolute Gasteiger partial charge is 0.333 e. The van der Waals surface area contributed by atoms with E-state index in [0.29, 0.717) is 23.8 Å². The molecule has 5 rings (SSSR count). The van der Waals surface area contributed by atoms with Gasteiger partial charge in [0.1, 0.15) is 0 Å². The molecule has 5 aliphatic rings. The molecule has 1 aliphatic heterocycles. The topological polar surface area (TPSA) is 124 Å². The average Bonchev–Trinajstić information content (AvgIpc) is 3.29. The van der Waals surface area contributed by atoms with E-state index in [2.05, 4.69) is 27.7 Å². The highest BCUT2D eigenvalue weighted by atomic mass is 16.7. The monoisotopic (exact) mass is 533 g/mol. The summed E-state index contributed by atoms with van der Waals surface area (Å²) >= 11 is 0. The summed E-state index contributed by atoms with van der Waals surface area (Å²) in [6.45, 7) is 10.9. The van der Waals surface area contributed by atoms with Crippen molar-refractivity contribution in [3.05, 3.63) is 0 Å². The molecule has 0 bridgehead atoms. The van der Waals surface area contributed by atoms with Crippen LogP contribution in [-0.2, 0) is 19.2 Å². The van der Waals surface area contributed by atoms with E-state index < -0.39 is 34.9 Å². The van der Waals surface area contributed by atoms with Gasteiger partial charge in [-0.15, -0.1) is 5.06 Å². The van der Waals surface area contributed by atoms with Crippen molar-refractivity contribution < 1.29 is 34.5 Å². The molecule has 4 saturated carbocycles. The third kappa shape index (κ3) is 4.15. The SMILES string of the molecule is C[C@H](CCC(=O)ON1C(=O)CCC1=O)C1[C@@H](C)CC2C3C(O)C[C@H]4C[C@@H](O)CCC4(C)C3C[C@](C)(O)C21C. The molecule has 5 fully saturated rings. The Morgan fingerprint density at radius 1 is 1.08 bits per heavy atom. The molecule has 3 N–H and O–H groups in total. The highest BCUT2D eigenvalue weighted by Gasteiger charge is 2.70. The van der Waals surface area contributed by atoms with Crippen LogP contribution in [0.2, 0.25) is 0 Å². The third-order valence-electron chi connectivity index (χ3n) is 12.3. The van der Waals surface area contributed by atoms with Crippen LogP contribution in [0.3, 0.4) is 0 Å². The van der Waals surface area contributed by atoms with Crippen molar-refractivity contribution in [2.75, 3.05) is 0 Å². The Bertz CT molecular complexity index is 966. The molecule has 1 saturated heterocycles. The fourth-order valence-electron chi connectivity index (χ4n) is 10.4. The van der Waals surface area contributed by atoms with E-state index in [1.165, 1.54) is 0 Å². The van der Waals surface area contributed by atoms with Gasteiger partial charge in [-0.05, 0) is 98.7 Å². The van der Waals surface area contributed by atoms with Crippen molar-refractivity contribution >= 4 is 17.8 Å². The fourth-order valence-corrected chi connectivity index (χ4v) is 10.4. The van der Waals surface area contributed by atoms with E-state index in [4.69, 9.17) is 4.84 Å². The first kappa shape index (κ1) is 28.0. The number of nitrogens with zero attached hydrogens (tertiary/aromatic N) is 1. The maximum absolute atomic E-state index is 12.5. The van der Waals surface area contributed by atoms with Gasteiger partial charge in [0.25, 0.3) is 11.8 Å². The minimum absolute atomic E-state index is 0.00951. The number of hydroxylamine groups is 2. The predicted octanol–water partition coefficient (Wildman–Crippen LogP) is 3.61. The number of carbonyl (C=O) groups is 3. The summed E-state index contributed by atoms with van der Waals surface area (Å²) in [5.74, 6) is -0.180. The molecule has 0 radical (unpaired) electrons. The third-order valence-corrected chi connectivity index (χ3v) is 12.3. The Morgan fingerprint density at radius 3 is 2.39 bits per heavy atom. The van der Waals surface area contributed by atoms with E-state index in [-0.39, 0.29) is 66.3 Å². The van der Waals surface area contributed by atoms with E-state index in [1.54, 1.807) is 0 Å². The van der Waals surface area contributed by atoms with Crippen LogP contribution in [0.15, 0.2) is 0 Å². The lowest BCUT2D eigenvalue weighted by Crippen LogP contribution is -2.66. The van der Waals surface area contributed by atoms with Crippen LogP contribution in [0.5, 0.6) is 0 Å². The molecular weight excluding hydrogens is 486 g/mol. The lowest BCUT2D eigenvalue weighted by atomic mass is 9.40. The number of rotatable bonds is 5. The summed E-state index contributed by atoms with van der Waals surface area (Å²) in [7, 11) is 0. The van der Waals surface area contributed by atoms with Gasteiger partial charge in [0.2, 0.25) is 0 Å². The Kier molecular flexibility index (Phi) is 7.05. The quantitative estimate of drug-likeness (QED) is 0.461. The van der Waals surface area contributed by atoms with E-state index in [9.17, 15) is 29.7 Å². The first-order valence-corrected chi connectivity index (χ1v) is 14.9. The number of amides is 2. The van der Waals surface area contributed by atoms with Gasteiger partial charge in [-0.3, -0.25) is 9.59 Å². The summed E-state index contributed by atoms with van der Waals surface area (Å²) in [6, 6.07) is 0. The Hall–Kier alpha value is -1.51. The Labute approximate surface area is 226 Å². The van der Waals surface area contributed by atoms with Crippen LogP contribution in [0, 0.1) is 52.3 Å². The van der Waals surface area contributed by atoms with Gasteiger partial charge < -0.3 is 20.2 Å². The van der Waals surface area contributed by atoms with Crippen LogP contribution >= 0.6 is 0 Å². The molecule has 0 spiro atoms. The van der Waals surface area contributed by atoms with E-state index in [0.717, 1.165) is 32.1 Å². The van der Waals surface area contributed by atoms with Crippen LogP contribution in [0.25, 0.3) is 0 Å². The number of hydrogen-bond acceptors (Lipinski definition) is 7. The molecule has 0 aromatic heterocycles. The predicted molar refractivity (Wildman–Crippen MR) is 139 cm³/mol. The first-order chi connectivity index (χ1) is 17.7. The molecule has 38 heavy (non-hydrogen) atoms. The maximum Gasteiger partial charge on any atom is 0.333 e. The Morgan fingerprint density at radius 2 is 1.74 bits per heavy atom. The van der Waals surface area contributed by atoms with Crippen molar-refractivity contribution in [3.8, 4) is 0 Å². The molecule has 1 heterocycles. The van der Waals surface area contributed by atoms with Gasteiger partial charge in [0, 0.05) is 24.7 Å². The minimum Gasteiger partial charge on any atom is -0.393 e. The molecule has 8 heteroatoms. The number of hydrogen-bond donors (Lipinski definition) is 3. The van der Waals surface area contributed by atoms with Crippen LogP contribution < -0.4 is 0 Å². The number of fused-ring (bicyclic) bond motifs is 5. The van der Waals surface area contributed by atoms with Gasteiger partial charge in [-0.1, -0.05) is 27.7 Å². The first-order valence-electron chi connectivity index (χ1n) is 14.9. The molecule has 7 unspecified atom stereocenters. The lowest BCUT2D eigenvalue weighted by Gasteiger charge is -2.66. The van der Waals surface area contributed by atoms with Gasteiger partial charge in [-0.2, -0.15) is 0 Å². The minimum atomic E-state index is -0.932. The molecule has 0 aromatic rings. The van der Waals surface area contributed by atoms with Crippen molar-refractivity contribution in [1.29, 1.82) is 0 Å². The van der Waals surface area contributed by atoms with Crippen LogP contribution in [0.1, 0.15) is 98.8 Å². The van der Waals surface area contributed by atoms with Crippen molar-refractivity contribution in [2.45, 2.75) is 117 Å². The number of aliphatic hydroxyl groups excluding tert-OH is 2. The summed E-state index contributed by atoms with van der Waals surface area (Å²) < 4.78 is 0. The van der Waals surface area contributed by atoms with Gasteiger partial charge in [0.15, 0.2) is 0 Å². The lowest BCUT2D eigenvalue weighted by molar-refractivity contribution is -0.241. The highest BCUT2D eigenvalue weighted by molar-refractivity contribution is 6.01. The molecule has 8 nitrogen and oxygen atoms in total. The second kappa shape index (κ2) is 9.55. The summed E-state index contributed by atoms with van der Waals surface area (Å²) in [4.78, 5) is 41.3. The fraction of sp³-hybridized carbons (Fsp3) is 0.900. The van der Waals surface area contributed by atoms with Gasteiger partial charge >= 0.3 is 5.97 Å². The summed E-state index contributed by atoms with van der Waals surface area (Å²) in [6.07, 6.45) is 4.82. The van der Waals surface area contributed by atoms with Crippen molar-refractivity contribution in [2.24, 2.45) is 52.3 Å². The average molecular weight is 534 g/mol. The number of imide groups is 1. The largest absolute Gasteiger partial charge is 0.393 e. The zero-order valence-corrected chi connectivity index (χ0v) is 23.7. The number of aliphatic hydroxyl groups is 3. The number of carbonyl (C=O) groups excluding carboxylic acids is 3.